The molecule has 0 saturated heterocycles. The van der Waals surface area contributed by atoms with Gasteiger partial charge in [-0.3, -0.25) is 0 Å². The van der Waals surface area contributed by atoms with Gasteiger partial charge in [-0.15, -0.1) is 0 Å². The van der Waals surface area contributed by atoms with Crippen LogP contribution in [0.15, 0.2) is 61.3 Å². The summed E-state index contributed by atoms with van der Waals surface area (Å²) in [5.74, 6) is 4.71. The first-order valence-corrected chi connectivity index (χ1v) is 15.2. The smallest absolute Gasteiger partial charge is 0.119 e. The molecule has 0 bridgehead atoms. The third kappa shape index (κ3) is 4.48. The Morgan fingerprint density at radius 2 is 1.84 bits per heavy atom. The van der Waals surface area contributed by atoms with Gasteiger partial charge in [0.1, 0.15) is 5.76 Å². The van der Waals surface area contributed by atoms with E-state index in [1.807, 2.05) is 12.3 Å². The van der Waals surface area contributed by atoms with Gasteiger partial charge in [0, 0.05) is 18.5 Å². The molecule has 5 rings (SSSR count). The normalized spacial score (nSPS) is 42.8. The van der Waals surface area contributed by atoms with Gasteiger partial charge in [-0.25, -0.2) is 0 Å². The quantitative estimate of drug-likeness (QED) is 0.247. The fourth-order valence-corrected chi connectivity index (χ4v) is 9.99. The largest absolute Gasteiger partial charge is 0.465 e. The average molecular weight is 505 g/mol. The molecule has 4 fully saturated rings. The third-order valence-electron chi connectivity index (χ3n) is 12.4. The maximum Gasteiger partial charge on any atom is 0.119 e. The predicted molar refractivity (Wildman–Crippen MR) is 156 cm³/mol. The van der Waals surface area contributed by atoms with Crippen LogP contribution < -0.4 is 10.6 Å². The number of hydrogen-bond donors (Lipinski definition) is 2. The third-order valence-corrected chi connectivity index (χ3v) is 12.4. The van der Waals surface area contributed by atoms with Gasteiger partial charge in [0.2, 0.25) is 0 Å². The Morgan fingerprint density at radius 3 is 2.59 bits per heavy atom. The average Bonchev–Trinajstić information content (AvgIpc) is 3.17. The van der Waals surface area contributed by atoms with Crippen molar-refractivity contribution in [2.45, 2.75) is 85.0 Å². The summed E-state index contributed by atoms with van der Waals surface area (Å²) in [5.41, 5.74) is 3.85. The second-order valence-corrected chi connectivity index (χ2v) is 13.7. The Balaban J connectivity index is 1.25. The topological polar surface area (TPSA) is 33.3 Å². The van der Waals surface area contributed by atoms with E-state index in [9.17, 15) is 0 Å². The summed E-state index contributed by atoms with van der Waals surface area (Å²) in [6.07, 6.45) is 21.7. The van der Waals surface area contributed by atoms with E-state index in [0.717, 1.165) is 49.1 Å². The first-order valence-electron chi connectivity index (χ1n) is 15.2. The van der Waals surface area contributed by atoms with E-state index in [-0.39, 0.29) is 5.41 Å². The minimum Gasteiger partial charge on any atom is -0.465 e. The van der Waals surface area contributed by atoms with Crippen molar-refractivity contribution in [1.29, 1.82) is 0 Å². The number of hydrogen-bond acceptors (Lipinski definition) is 3. The van der Waals surface area contributed by atoms with Crippen LogP contribution in [-0.4, -0.2) is 19.6 Å². The molecule has 204 valence electrons. The predicted octanol–water partition coefficient (Wildman–Crippen LogP) is 7.90. The van der Waals surface area contributed by atoms with E-state index < -0.39 is 0 Å². The summed E-state index contributed by atoms with van der Waals surface area (Å²) >= 11 is 0. The fourth-order valence-electron chi connectivity index (χ4n) is 9.99. The first kappa shape index (κ1) is 26.9. The Morgan fingerprint density at radius 1 is 1.00 bits per heavy atom. The molecular formula is C34H52N2O. The lowest BCUT2D eigenvalue weighted by atomic mass is 9.39. The molecule has 3 nitrogen and oxygen atoms in total. The summed E-state index contributed by atoms with van der Waals surface area (Å²) in [4.78, 5) is 0. The van der Waals surface area contributed by atoms with Gasteiger partial charge in [-0.1, -0.05) is 52.2 Å². The summed E-state index contributed by atoms with van der Waals surface area (Å²) in [7, 11) is 0. The molecule has 0 spiro atoms. The Bertz CT molecular complexity index is 963. The highest BCUT2D eigenvalue weighted by Gasteiger charge is 2.67. The lowest BCUT2D eigenvalue weighted by Crippen LogP contribution is -2.58. The molecule has 4 aliphatic carbocycles. The van der Waals surface area contributed by atoms with E-state index in [1.54, 1.807) is 6.20 Å². The zero-order valence-electron chi connectivity index (χ0n) is 23.9. The van der Waals surface area contributed by atoms with Crippen LogP contribution in [0.3, 0.4) is 0 Å². The maximum absolute atomic E-state index is 5.77. The number of nitrogens with one attached hydrogen (secondary N) is 2. The molecular weight excluding hydrogens is 452 g/mol. The molecule has 5 aliphatic rings. The molecule has 7 unspecified atom stereocenters. The van der Waals surface area contributed by atoms with Crippen LogP contribution >= 0.6 is 0 Å². The van der Waals surface area contributed by atoms with Crippen molar-refractivity contribution < 1.29 is 4.74 Å². The molecule has 1 heterocycles. The van der Waals surface area contributed by atoms with Crippen LogP contribution in [0, 0.1) is 45.8 Å². The monoisotopic (exact) mass is 504 g/mol. The lowest BCUT2D eigenvalue weighted by Gasteiger charge is -2.65. The fraction of sp³-hybridized carbons (Fsp3) is 0.706. The lowest BCUT2D eigenvalue weighted by molar-refractivity contribution is -0.132. The number of ether oxygens (including phenoxy) is 1. The van der Waals surface area contributed by atoms with Crippen LogP contribution in [0.2, 0.25) is 0 Å². The number of fused-ring (bicyclic) bond motifs is 5. The zero-order chi connectivity index (χ0) is 26.3. The van der Waals surface area contributed by atoms with Gasteiger partial charge in [0.25, 0.3) is 0 Å². The van der Waals surface area contributed by atoms with Crippen molar-refractivity contribution >= 4 is 0 Å². The molecule has 4 saturated carbocycles. The van der Waals surface area contributed by atoms with Crippen molar-refractivity contribution in [2.24, 2.45) is 45.8 Å². The van der Waals surface area contributed by atoms with Crippen molar-refractivity contribution in [1.82, 2.24) is 10.6 Å². The Labute approximate surface area is 227 Å². The van der Waals surface area contributed by atoms with Gasteiger partial charge in [-0.05, 0) is 129 Å². The molecule has 2 N–H and O–H groups in total. The van der Waals surface area contributed by atoms with E-state index in [2.05, 4.69) is 50.6 Å². The summed E-state index contributed by atoms with van der Waals surface area (Å²) < 4.78 is 5.77. The van der Waals surface area contributed by atoms with Gasteiger partial charge in [-0.2, -0.15) is 0 Å². The highest BCUT2D eigenvalue weighted by molar-refractivity contribution is 5.38. The maximum atomic E-state index is 5.77. The van der Waals surface area contributed by atoms with E-state index in [4.69, 9.17) is 11.3 Å². The number of allylic oxidation sites excluding steroid dienone is 4. The van der Waals surface area contributed by atoms with E-state index >= 15 is 0 Å². The summed E-state index contributed by atoms with van der Waals surface area (Å²) in [5, 5.41) is 6.75. The second kappa shape index (κ2) is 10.4. The van der Waals surface area contributed by atoms with Crippen molar-refractivity contribution in [3.05, 3.63) is 61.3 Å². The molecule has 0 radical (unpaired) electrons. The van der Waals surface area contributed by atoms with Crippen LogP contribution in [0.4, 0.5) is 0 Å². The molecule has 8 atom stereocenters. The van der Waals surface area contributed by atoms with Crippen molar-refractivity contribution in [3.8, 4) is 0 Å². The highest BCUT2D eigenvalue weighted by Crippen LogP contribution is 2.74. The number of rotatable bonds is 9. The van der Waals surface area contributed by atoms with Crippen LogP contribution in [0.1, 0.15) is 85.0 Å². The van der Waals surface area contributed by atoms with E-state index in [0.29, 0.717) is 16.7 Å². The summed E-state index contributed by atoms with van der Waals surface area (Å²) in [6, 6.07) is 0. The van der Waals surface area contributed by atoms with Gasteiger partial charge in [0.15, 0.2) is 0 Å². The molecule has 0 aromatic carbocycles. The van der Waals surface area contributed by atoms with Crippen LogP contribution in [0.5, 0.6) is 0 Å². The minimum atomic E-state index is 0.154. The molecule has 1 aliphatic heterocycles. The SMILES string of the molecule is C=CNCCNCCCC1CCC2(C)C(CCC3[C@@H]2CC(=C)C2(C)C(C4=COC(=C)C=C4)CCC32C)C1. The molecule has 0 amide bonds. The standard InChI is InChI=1S/C34H52N2O/c1-7-35-19-20-36-18-8-9-26-14-16-32(4)28(22-26)12-13-30-31(32)21-24(2)34(6)29(15-17-33(30,34)5)27-11-10-25(3)37-23-27/h7,10-11,23,26,28-31,35-36H,1-3,8-9,12-22H2,4-6H3/t26?,28?,29?,30?,31-,32?,33?,34?/m0/s1. The molecule has 0 aromatic heterocycles. The zero-order valence-corrected chi connectivity index (χ0v) is 23.9. The van der Waals surface area contributed by atoms with Gasteiger partial charge >= 0.3 is 0 Å². The molecule has 37 heavy (non-hydrogen) atoms. The summed E-state index contributed by atoms with van der Waals surface area (Å²) in [6.45, 7) is 23.6. The first-order chi connectivity index (χ1) is 17.7. The van der Waals surface area contributed by atoms with Gasteiger partial charge < -0.3 is 15.4 Å². The molecule has 0 aromatic rings. The van der Waals surface area contributed by atoms with Crippen LogP contribution in [0.25, 0.3) is 0 Å². The van der Waals surface area contributed by atoms with Gasteiger partial charge in [0.05, 0.1) is 6.26 Å². The Hall–Kier alpha value is -1.74. The van der Waals surface area contributed by atoms with E-state index in [1.165, 1.54) is 75.4 Å². The van der Waals surface area contributed by atoms with Crippen molar-refractivity contribution in [3.63, 3.8) is 0 Å². The highest BCUT2D eigenvalue weighted by atomic mass is 16.5. The second-order valence-electron chi connectivity index (χ2n) is 13.7. The van der Waals surface area contributed by atoms with Crippen molar-refractivity contribution in [2.75, 3.05) is 19.6 Å². The van der Waals surface area contributed by atoms with Crippen LogP contribution in [-0.2, 0) is 4.74 Å². The molecule has 3 heteroatoms. The Kier molecular flexibility index (Phi) is 7.57. The minimum absolute atomic E-state index is 0.154.